The summed E-state index contributed by atoms with van der Waals surface area (Å²) >= 11 is 0. The largest absolute Gasteiger partial charge is 0.382 e. The van der Waals surface area contributed by atoms with Gasteiger partial charge in [-0.05, 0) is 31.7 Å². The molecule has 0 aliphatic carbocycles. The van der Waals surface area contributed by atoms with E-state index in [1.54, 1.807) is 12.4 Å². The van der Waals surface area contributed by atoms with Gasteiger partial charge >= 0.3 is 0 Å². The van der Waals surface area contributed by atoms with Crippen molar-refractivity contribution in [1.82, 2.24) is 39.7 Å². The lowest BCUT2D eigenvalue weighted by Gasteiger charge is -2.38. The van der Waals surface area contributed by atoms with Crippen molar-refractivity contribution in [2.24, 2.45) is 0 Å². The van der Waals surface area contributed by atoms with Gasteiger partial charge in [-0.3, -0.25) is 14.9 Å². The van der Waals surface area contributed by atoms with E-state index in [0.717, 1.165) is 35.9 Å². The van der Waals surface area contributed by atoms with Gasteiger partial charge in [-0.2, -0.15) is 14.7 Å². The van der Waals surface area contributed by atoms with Crippen LogP contribution in [0.15, 0.2) is 66.1 Å². The zero-order chi connectivity index (χ0) is 28.3. The third kappa shape index (κ3) is 4.24. The second-order valence-corrected chi connectivity index (χ2v) is 12.6. The molecule has 4 aromatic heterocycles. The fourth-order valence-corrected chi connectivity index (χ4v) is 7.43. The maximum Gasteiger partial charge on any atom is 0.291 e. The van der Waals surface area contributed by atoms with Crippen LogP contribution >= 0.6 is 0 Å². The first-order valence-electron chi connectivity index (χ1n) is 13.4. The number of aromatic nitrogens is 7. The number of nitrogen functional groups attached to an aromatic ring is 1. The fraction of sp³-hybridized carbons (Fsp3) is 0.286. The molecule has 2 aliphatic rings. The maximum atomic E-state index is 13.1. The second kappa shape index (κ2) is 9.47. The average molecular weight is 570 g/mol. The van der Waals surface area contributed by atoms with Crippen LogP contribution in [0.1, 0.15) is 47.9 Å². The maximum absolute atomic E-state index is 13.1. The quantitative estimate of drug-likeness (QED) is 0.323. The van der Waals surface area contributed by atoms with E-state index in [1.807, 2.05) is 47.4 Å². The Morgan fingerprint density at radius 2 is 1.76 bits per heavy atom. The molecule has 6 heterocycles. The third-order valence-electron chi connectivity index (χ3n) is 8.15. The Bertz CT molecular complexity index is 1860. The molecular formula is C28H27N9O3S. The normalized spacial score (nSPS) is 20.5. The first kappa shape index (κ1) is 25.3. The van der Waals surface area contributed by atoms with Crippen molar-refractivity contribution in [1.29, 1.82) is 0 Å². The average Bonchev–Trinajstić information content (AvgIpc) is 3.71. The third-order valence-corrected chi connectivity index (χ3v) is 9.31. The number of piperidine rings is 1. The minimum absolute atomic E-state index is 0.00314. The van der Waals surface area contributed by atoms with Gasteiger partial charge in [-0.25, -0.2) is 18.4 Å². The van der Waals surface area contributed by atoms with E-state index in [9.17, 15) is 13.2 Å². The molecule has 3 N–H and O–H groups in total. The number of H-pyrrole nitrogens is 1. The number of anilines is 1. The molecule has 12 nitrogen and oxygen atoms in total. The number of nitrogens with one attached hydrogen (secondary N) is 1. The molecule has 2 unspecified atom stereocenters. The smallest absolute Gasteiger partial charge is 0.291 e. The number of fused-ring (bicyclic) bond motifs is 3. The van der Waals surface area contributed by atoms with E-state index in [1.165, 1.54) is 10.8 Å². The van der Waals surface area contributed by atoms with Crippen LogP contribution in [0.4, 0.5) is 5.82 Å². The summed E-state index contributed by atoms with van der Waals surface area (Å²) in [4.78, 5) is 28.6. The highest BCUT2D eigenvalue weighted by molar-refractivity contribution is 7.91. The molecule has 0 spiro atoms. The van der Waals surface area contributed by atoms with E-state index in [-0.39, 0.29) is 40.4 Å². The van der Waals surface area contributed by atoms with Gasteiger partial charge in [0.2, 0.25) is 5.82 Å². The topological polar surface area (TPSA) is 165 Å². The summed E-state index contributed by atoms with van der Waals surface area (Å²) in [7, 11) is -3.74. The standard InChI is InChI=1S/C28H27N9O3S/c1-41(39,40)24-23(18-11-19-8-9-20(12-18)36(19)28(38)26-31-15-32-35-26)34-27-21(14-33-37(27)25(24)29)17-7-10-22(30-13-17)16-5-3-2-4-6-16/h2-7,10,13-15,18-20H,8-9,11-12,29H2,1H3,(H,31,32,35)/t18?,19-,20?/m1/s1. The van der Waals surface area contributed by atoms with Gasteiger partial charge in [-0.1, -0.05) is 36.4 Å². The Balaban J connectivity index is 1.29. The Labute approximate surface area is 235 Å². The van der Waals surface area contributed by atoms with Crippen LogP contribution in [0.2, 0.25) is 0 Å². The molecule has 2 aliphatic heterocycles. The summed E-state index contributed by atoms with van der Waals surface area (Å²) in [5, 5.41) is 10.9. The second-order valence-electron chi connectivity index (χ2n) is 10.7. The first-order chi connectivity index (χ1) is 19.8. The molecule has 2 saturated heterocycles. The van der Waals surface area contributed by atoms with Gasteiger partial charge in [-0.15, -0.1) is 0 Å². The Kier molecular flexibility index (Phi) is 5.85. The molecule has 3 atom stereocenters. The van der Waals surface area contributed by atoms with Crippen LogP contribution in [0.25, 0.3) is 28.0 Å². The molecule has 41 heavy (non-hydrogen) atoms. The highest BCUT2D eigenvalue weighted by Gasteiger charge is 2.46. The van der Waals surface area contributed by atoms with Gasteiger partial charge in [0.15, 0.2) is 15.5 Å². The molecular weight excluding hydrogens is 542 g/mol. The van der Waals surface area contributed by atoms with E-state index in [2.05, 4.69) is 25.3 Å². The summed E-state index contributed by atoms with van der Waals surface area (Å²) in [5.41, 5.74) is 10.7. The van der Waals surface area contributed by atoms with Crippen molar-refractivity contribution in [3.05, 3.63) is 72.7 Å². The molecule has 5 aromatic rings. The van der Waals surface area contributed by atoms with Crippen LogP contribution in [0.5, 0.6) is 0 Å². The minimum Gasteiger partial charge on any atom is -0.382 e. The molecule has 0 saturated carbocycles. The van der Waals surface area contributed by atoms with Crippen molar-refractivity contribution < 1.29 is 13.2 Å². The molecule has 1 aromatic carbocycles. The van der Waals surface area contributed by atoms with Crippen LogP contribution in [-0.4, -0.2) is 72.3 Å². The summed E-state index contributed by atoms with van der Waals surface area (Å²) in [6.07, 6.45) is 8.64. The number of hydrogen-bond donors (Lipinski definition) is 2. The predicted molar refractivity (Wildman–Crippen MR) is 151 cm³/mol. The van der Waals surface area contributed by atoms with Gasteiger partial charge in [0.25, 0.3) is 5.91 Å². The van der Waals surface area contributed by atoms with E-state index < -0.39 is 9.84 Å². The highest BCUT2D eigenvalue weighted by Crippen LogP contribution is 2.45. The van der Waals surface area contributed by atoms with Crippen molar-refractivity contribution >= 4 is 27.2 Å². The zero-order valence-electron chi connectivity index (χ0n) is 22.2. The van der Waals surface area contributed by atoms with Crippen LogP contribution in [-0.2, 0) is 9.84 Å². The summed E-state index contributed by atoms with van der Waals surface area (Å²) in [5.74, 6) is -0.161. The number of carbonyl (C=O) groups excluding carboxylic acids is 1. The molecule has 0 radical (unpaired) electrons. The van der Waals surface area contributed by atoms with E-state index in [4.69, 9.17) is 10.7 Å². The number of amides is 1. The molecule has 2 bridgehead atoms. The predicted octanol–water partition coefficient (Wildman–Crippen LogP) is 3.11. The number of pyridine rings is 1. The van der Waals surface area contributed by atoms with Gasteiger partial charge in [0.05, 0.1) is 17.6 Å². The number of sulfone groups is 1. The Morgan fingerprint density at radius 1 is 1.00 bits per heavy atom. The SMILES string of the molecule is CS(=O)(=O)c1c(C2CC3CC[C@H](C2)N3C(=O)c2ncn[nH]2)nc2c(-c3ccc(-c4ccccc4)nc3)cnn2c1N. The Hall–Kier alpha value is -4.65. The summed E-state index contributed by atoms with van der Waals surface area (Å²) in [6.45, 7) is 0. The highest BCUT2D eigenvalue weighted by atomic mass is 32.2. The van der Waals surface area contributed by atoms with Crippen molar-refractivity contribution in [2.45, 2.75) is 48.6 Å². The fourth-order valence-electron chi connectivity index (χ4n) is 6.37. The molecule has 1 amide bonds. The summed E-state index contributed by atoms with van der Waals surface area (Å²) in [6, 6.07) is 13.6. The van der Waals surface area contributed by atoms with Gasteiger partial charge in [0, 0.05) is 47.1 Å². The number of aromatic amines is 1. The lowest BCUT2D eigenvalue weighted by Crippen LogP contribution is -2.46. The minimum atomic E-state index is -3.74. The lowest BCUT2D eigenvalue weighted by atomic mass is 9.87. The van der Waals surface area contributed by atoms with Crippen LogP contribution < -0.4 is 5.73 Å². The van der Waals surface area contributed by atoms with Crippen molar-refractivity contribution in [2.75, 3.05) is 12.0 Å². The lowest BCUT2D eigenvalue weighted by molar-refractivity contribution is 0.0556. The number of hydrogen-bond acceptors (Lipinski definition) is 9. The first-order valence-corrected chi connectivity index (χ1v) is 15.3. The van der Waals surface area contributed by atoms with E-state index >= 15 is 0 Å². The number of nitrogens with zero attached hydrogens (tertiary/aromatic N) is 7. The van der Waals surface area contributed by atoms with Crippen molar-refractivity contribution in [3.8, 4) is 22.4 Å². The van der Waals surface area contributed by atoms with E-state index in [0.29, 0.717) is 29.7 Å². The zero-order valence-corrected chi connectivity index (χ0v) is 23.0. The molecule has 7 rings (SSSR count). The Morgan fingerprint density at radius 3 is 2.39 bits per heavy atom. The van der Waals surface area contributed by atoms with Gasteiger partial charge < -0.3 is 10.6 Å². The van der Waals surface area contributed by atoms with Crippen molar-refractivity contribution in [3.63, 3.8) is 0 Å². The monoisotopic (exact) mass is 569 g/mol. The molecule has 2 fully saturated rings. The molecule has 13 heteroatoms. The number of carbonyl (C=O) groups is 1. The van der Waals surface area contributed by atoms with Gasteiger partial charge in [0.1, 0.15) is 17.0 Å². The number of rotatable bonds is 5. The van der Waals surface area contributed by atoms with Crippen LogP contribution in [0, 0.1) is 0 Å². The number of nitrogens with two attached hydrogens (primary N) is 1. The summed E-state index contributed by atoms with van der Waals surface area (Å²) < 4.78 is 27.5. The van der Waals surface area contributed by atoms with Crippen LogP contribution in [0.3, 0.4) is 0 Å². The molecule has 208 valence electrons. The number of benzene rings is 1.